The van der Waals surface area contributed by atoms with Crippen molar-refractivity contribution in [3.8, 4) is 0 Å². The molecule has 5 nitrogen and oxygen atoms in total. The van der Waals surface area contributed by atoms with Crippen molar-refractivity contribution in [2.75, 3.05) is 19.7 Å². The molecule has 6 heteroatoms. The molecule has 0 radical (unpaired) electrons. The van der Waals surface area contributed by atoms with Gasteiger partial charge in [0.2, 0.25) is 0 Å². The van der Waals surface area contributed by atoms with Gasteiger partial charge in [-0.25, -0.2) is 0 Å². The lowest BCUT2D eigenvalue weighted by atomic mass is 9.97. The van der Waals surface area contributed by atoms with Crippen molar-refractivity contribution in [1.29, 1.82) is 0 Å². The first-order valence-electron chi connectivity index (χ1n) is 6.36. The second-order valence-electron chi connectivity index (χ2n) is 4.94. The maximum atomic E-state index is 10.8. The number of hydrogen-bond donors (Lipinski definition) is 1. The lowest BCUT2D eigenvalue weighted by Gasteiger charge is -2.30. The van der Waals surface area contributed by atoms with Gasteiger partial charge < -0.3 is 5.11 Å². The van der Waals surface area contributed by atoms with Crippen LogP contribution in [0.1, 0.15) is 18.4 Å². The Morgan fingerprint density at radius 3 is 2.68 bits per heavy atom. The molecule has 1 aromatic rings. The van der Waals surface area contributed by atoms with Crippen LogP contribution in [-0.2, 0) is 6.54 Å². The van der Waals surface area contributed by atoms with E-state index in [9.17, 15) is 10.1 Å². The van der Waals surface area contributed by atoms with Crippen molar-refractivity contribution >= 4 is 17.3 Å². The predicted octanol–water partition coefficient (Wildman–Crippen LogP) is 2.45. The summed E-state index contributed by atoms with van der Waals surface area (Å²) < 4.78 is 0. The second kappa shape index (κ2) is 6.32. The number of nitro benzene ring substituents is 1. The third kappa shape index (κ3) is 3.65. The monoisotopic (exact) mass is 284 g/mol. The Kier molecular flexibility index (Phi) is 4.74. The van der Waals surface area contributed by atoms with Crippen LogP contribution in [0.5, 0.6) is 0 Å². The van der Waals surface area contributed by atoms with Crippen LogP contribution in [0.25, 0.3) is 0 Å². The number of rotatable bonds is 4. The van der Waals surface area contributed by atoms with Crippen LogP contribution in [0.15, 0.2) is 18.2 Å². The van der Waals surface area contributed by atoms with Gasteiger partial charge >= 0.3 is 0 Å². The van der Waals surface area contributed by atoms with Crippen molar-refractivity contribution < 1.29 is 10.0 Å². The van der Waals surface area contributed by atoms with Gasteiger partial charge in [-0.2, -0.15) is 0 Å². The summed E-state index contributed by atoms with van der Waals surface area (Å²) in [5, 5.41) is 20.1. The minimum atomic E-state index is -0.455. The van der Waals surface area contributed by atoms with Crippen molar-refractivity contribution in [2.24, 2.45) is 5.92 Å². The Labute approximate surface area is 116 Å². The van der Waals surface area contributed by atoms with Gasteiger partial charge in [-0.3, -0.25) is 15.0 Å². The Hall–Kier alpha value is -1.17. The average molecular weight is 285 g/mol. The molecule has 0 aliphatic carbocycles. The Balaban J connectivity index is 2.00. The lowest BCUT2D eigenvalue weighted by Crippen LogP contribution is -2.34. The first kappa shape index (κ1) is 14.2. The second-order valence-corrected chi connectivity index (χ2v) is 5.35. The standard InChI is InChI=1S/C13H17ClN2O3/c14-12-2-1-11(7-13(12)16(18)19)8-15-5-3-10(9-17)4-6-15/h1-2,7,10,17H,3-6,8-9H2. The van der Waals surface area contributed by atoms with Gasteiger partial charge in [0, 0.05) is 19.2 Å². The van der Waals surface area contributed by atoms with Gasteiger partial charge in [-0.05, 0) is 43.5 Å². The fraction of sp³-hybridized carbons (Fsp3) is 0.538. The molecule has 2 rings (SSSR count). The van der Waals surface area contributed by atoms with E-state index >= 15 is 0 Å². The summed E-state index contributed by atoms with van der Waals surface area (Å²) in [7, 11) is 0. The number of aliphatic hydroxyl groups excluding tert-OH is 1. The van der Waals surface area contributed by atoms with Crippen molar-refractivity contribution in [1.82, 2.24) is 4.90 Å². The number of nitrogens with zero attached hydrogens (tertiary/aromatic N) is 2. The third-order valence-electron chi connectivity index (χ3n) is 3.58. The van der Waals surface area contributed by atoms with Gasteiger partial charge in [0.15, 0.2) is 0 Å². The van der Waals surface area contributed by atoms with Gasteiger partial charge in [0.05, 0.1) is 4.92 Å². The minimum Gasteiger partial charge on any atom is -0.396 e. The zero-order chi connectivity index (χ0) is 13.8. The molecule has 0 amide bonds. The maximum Gasteiger partial charge on any atom is 0.288 e. The first-order chi connectivity index (χ1) is 9.10. The quantitative estimate of drug-likeness (QED) is 0.681. The molecule has 1 saturated heterocycles. The molecule has 0 aromatic heterocycles. The highest BCUT2D eigenvalue weighted by molar-refractivity contribution is 6.32. The molecule has 1 aliphatic heterocycles. The Bertz CT molecular complexity index is 459. The third-order valence-corrected chi connectivity index (χ3v) is 3.90. The van der Waals surface area contributed by atoms with Crippen molar-refractivity contribution in [2.45, 2.75) is 19.4 Å². The Morgan fingerprint density at radius 2 is 2.11 bits per heavy atom. The van der Waals surface area contributed by atoms with Crippen LogP contribution in [-0.4, -0.2) is 34.6 Å². The molecule has 1 heterocycles. The number of likely N-dealkylation sites (tertiary alicyclic amines) is 1. The molecular weight excluding hydrogens is 268 g/mol. The van der Waals surface area contributed by atoms with E-state index in [-0.39, 0.29) is 17.3 Å². The van der Waals surface area contributed by atoms with Crippen molar-refractivity contribution in [3.05, 3.63) is 38.9 Å². The maximum absolute atomic E-state index is 10.8. The highest BCUT2D eigenvalue weighted by Gasteiger charge is 2.19. The van der Waals surface area contributed by atoms with Crippen molar-refractivity contribution in [3.63, 3.8) is 0 Å². The average Bonchev–Trinajstić information content (AvgIpc) is 2.41. The van der Waals surface area contributed by atoms with E-state index in [1.165, 1.54) is 0 Å². The molecule has 19 heavy (non-hydrogen) atoms. The first-order valence-corrected chi connectivity index (χ1v) is 6.74. The number of benzene rings is 1. The summed E-state index contributed by atoms with van der Waals surface area (Å²) in [5.41, 5.74) is 0.864. The number of aliphatic hydroxyl groups is 1. The zero-order valence-electron chi connectivity index (χ0n) is 10.6. The molecule has 0 spiro atoms. The number of halogens is 1. The lowest BCUT2D eigenvalue weighted by molar-refractivity contribution is -0.384. The molecule has 0 saturated carbocycles. The number of piperidine rings is 1. The summed E-state index contributed by atoms with van der Waals surface area (Å²) in [6.07, 6.45) is 1.96. The summed E-state index contributed by atoms with van der Waals surface area (Å²) in [4.78, 5) is 12.6. The SMILES string of the molecule is O=[N+]([O-])c1cc(CN2CCC(CO)CC2)ccc1Cl. The van der Waals surface area contributed by atoms with E-state index in [2.05, 4.69) is 4.90 Å². The van der Waals surface area contributed by atoms with Crippen LogP contribution in [0, 0.1) is 16.0 Å². The molecule has 104 valence electrons. The highest BCUT2D eigenvalue weighted by Crippen LogP contribution is 2.26. The van der Waals surface area contributed by atoms with E-state index in [0.29, 0.717) is 12.5 Å². The Morgan fingerprint density at radius 1 is 1.42 bits per heavy atom. The minimum absolute atomic E-state index is 0.0376. The molecular formula is C13H17ClN2O3. The van der Waals surface area contributed by atoms with Gasteiger partial charge in [-0.15, -0.1) is 0 Å². The van der Waals surface area contributed by atoms with Crippen LogP contribution in [0.2, 0.25) is 5.02 Å². The van der Waals surface area contributed by atoms with E-state index in [4.69, 9.17) is 16.7 Å². The van der Waals surface area contributed by atoms with E-state index in [0.717, 1.165) is 31.5 Å². The zero-order valence-corrected chi connectivity index (χ0v) is 11.3. The van der Waals surface area contributed by atoms with Crippen LogP contribution in [0.4, 0.5) is 5.69 Å². The van der Waals surface area contributed by atoms with Gasteiger partial charge in [0.25, 0.3) is 5.69 Å². The molecule has 0 atom stereocenters. The smallest absolute Gasteiger partial charge is 0.288 e. The molecule has 1 N–H and O–H groups in total. The largest absolute Gasteiger partial charge is 0.396 e. The van der Waals surface area contributed by atoms with Crippen LogP contribution < -0.4 is 0 Å². The van der Waals surface area contributed by atoms with E-state index < -0.39 is 4.92 Å². The number of hydrogen-bond acceptors (Lipinski definition) is 4. The number of nitro groups is 1. The molecule has 1 fully saturated rings. The van der Waals surface area contributed by atoms with E-state index in [1.54, 1.807) is 12.1 Å². The highest BCUT2D eigenvalue weighted by atomic mass is 35.5. The van der Waals surface area contributed by atoms with Crippen LogP contribution in [0.3, 0.4) is 0 Å². The summed E-state index contributed by atoms with van der Waals surface area (Å²) in [5.74, 6) is 0.399. The summed E-state index contributed by atoms with van der Waals surface area (Å²) >= 11 is 5.79. The molecule has 0 unspecified atom stereocenters. The van der Waals surface area contributed by atoms with Gasteiger partial charge in [0.1, 0.15) is 5.02 Å². The fourth-order valence-electron chi connectivity index (χ4n) is 2.38. The summed E-state index contributed by atoms with van der Waals surface area (Å²) in [6.45, 7) is 2.78. The van der Waals surface area contributed by atoms with Crippen LogP contribution >= 0.6 is 11.6 Å². The molecule has 0 bridgehead atoms. The predicted molar refractivity (Wildman–Crippen MR) is 73.2 cm³/mol. The summed E-state index contributed by atoms with van der Waals surface area (Å²) in [6, 6.07) is 4.95. The van der Waals surface area contributed by atoms with E-state index in [1.807, 2.05) is 6.07 Å². The molecule has 1 aromatic carbocycles. The van der Waals surface area contributed by atoms with Gasteiger partial charge in [-0.1, -0.05) is 17.7 Å². The normalized spacial score (nSPS) is 17.6. The topological polar surface area (TPSA) is 66.6 Å². The fourth-order valence-corrected chi connectivity index (χ4v) is 2.57. The molecule has 1 aliphatic rings.